The molecule has 0 amide bonds. The third-order valence-electron chi connectivity index (χ3n) is 3.05. The number of hydrogen-bond donors (Lipinski definition) is 1. The van der Waals surface area contributed by atoms with Crippen molar-refractivity contribution < 1.29 is 9.53 Å². The minimum Gasteiger partial charge on any atom is -0.467 e. The van der Waals surface area contributed by atoms with Crippen molar-refractivity contribution >= 4 is 23.4 Å². The third kappa shape index (κ3) is 3.49. The van der Waals surface area contributed by atoms with Crippen LogP contribution in [0.4, 0.5) is 5.82 Å². The Bertz CT molecular complexity index is 647. The van der Waals surface area contributed by atoms with Crippen LogP contribution in [-0.2, 0) is 9.53 Å². The molecule has 0 bridgehead atoms. The molecule has 0 aliphatic carbocycles. The zero-order valence-electron chi connectivity index (χ0n) is 12.1. The summed E-state index contributed by atoms with van der Waals surface area (Å²) in [4.78, 5) is 20.4. The van der Waals surface area contributed by atoms with E-state index in [4.69, 9.17) is 16.3 Å². The predicted molar refractivity (Wildman–Crippen MR) is 81.3 cm³/mol. The lowest BCUT2D eigenvalue weighted by Crippen LogP contribution is -2.23. The Morgan fingerprint density at radius 3 is 2.52 bits per heavy atom. The van der Waals surface area contributed by atoms with Crippen LogP contribution in [0.25, 0.3) is 0 Å². The molecule has 6 heteroatoms. The lowest BCUT2D eigenvalue weighted by molar-refractivity contribution is -0.141. The van der Waals surface area contributed by atoms with Gasteiger partial charge in [-0.2, -0.15) is 0 Å². The van der Waals surface area contributed by atoms with Crippen molar-refractivity contribution in [1.29, 1.82) is 0 Å². The first-order chi connectivity index (χ1) is 10.0. The molecule has 0 aliphatic heterocycles. The van der Waals surface area contributed by atoms with Gasteiger partial charge >= 0.3 is 5.97 Å². The van der Waals surface area contributed by atoms with Gasteiger partial charge in [-0.15, -0.1) is 0 Å². The molecule has 1 unspecified atom stereocenters. The van der Waals surface area contributed by atoms with Gasteiger partial charge in [0.25, 0.3) is 0 Å². The van der Waals surface area contributed by atoms with Crippen molar-refractivity contribution in [1.82, 2.24) is 9.97 Å². The smallest absolute Gasteiger partial charge is 0.333 e. The van der Waals surface area contributed by atoms with E-state index in [1.165, 1.54) is 7.11 Å². The number of carbonyl (C=O) groups is 1. The van der Waals surface area contributed by atoms with Gasteiger partial charge in [0.15, 0.2) is 6.04 Å². The molecule has 110 valence electrons. The first kappa shape index (κ1) is 15.3. The molecule has 2 aromatic rings. The maximum Gasteiger partial charge on any atom is 0.333 e. The summed E-state index contributed by atoms with van der Waals surface area (Å²) in [5, 5.41) is 3.45. The lowest BCUT2D eigenvalue weighted by Gasteiger charge is -2.19. The topological polar surface area (TPSA) is 64.1 Å². The van der Waals surface area contributed by atoms with Gasteiger partial charge in [-0.25, -0.2) is 14.8 Å². The second-order valence-corrected chi connectivity index (χ2v) is 4.90. The molecule has 0 fully saturated rings. The van der Waals surface area contributed by atoms with Crippen molar-refractivity contribution in [2.24, 2.45) is 0 Å². The Balaban J connectivity index is 2.39. The molecule has 21 heavy (non-hydrogen) atoms. The molecule has 1 heterocycles. The van der Waals surface area contributed by atoms with Crippen LogP contribution >= 0.6 is 11.6 Å². The molecule has 0 saturated carbocycles. The normalized spacial score (nSPS) is 11.8. The van der Waals surface area contributed by atoms with Gasteiger partial charge in [-0.1, -0.05) is 41.9 Å². The minimum absolute atomic E-state index is 0.363. The summed E-state index contributed by atoms with van der Waals surface area (Å²) in [5.74, 6) is 0.657. The van der Waals surface area contributed by atoms with Gasteiger partial charge in [0.1, 0.15) is 16.8 Å². The fraction of sp³-hybridized carbons (Fsp3) is 0.267. The Kier molecular flexibility index (Phi) is 4.75. The quantitative estimate of drug-likeness (QED) is 0.694. The Labute approximate surface area is 128 Å². The number of aromatic nitrogens is 2. The number of ether oxygens (including phenoxy) is 1. The highest BCUT2D eigenvalue weighted by Gasteiger charge is 2.23. The fourth-order valence-electron chi connectivity index (χ4n) is 1.91. The third-order valence-corrected chi connectivity index (χ3v) is 3.42. The van der Waals surface area contributed by atoms with E-state index in [2.05, 4.69) is 15.3 Å². The Morgan fingerprint density at radius 2 is 1.90 bits per heavy atom. The average Bonchev–Trinajstić information content (AvgIpc) is 2.49. The lowest BCUT2D eigenvalue weighted by atomic mass is 10.1. The number of nitrogens with zero attached hydrogens (tertiary/aromatic N) is 2. The van der Waals surface area contributed by atoms with Crippen LogP contribution in [0, 0.1) is 13.8 Å². The van der Waals surface area contributed by atoms with Crippen LogP contribution in [0.1, 0.15) is 23.0 Å². The fourth-order valence-corrected chi connectivity index (χ4v) is 2.13. The SMILES string of the molecule is COC(=O)C(Nc1nc(C)nc(Cl)c1C)c1ccccc1. The maximum atomic E-state index is 12.0. The number of hydrogen-bond acceptors (Lipinski definition) is 5. The highest BCUT2D eigenvalue weighted by atomic mass is 35.5. The summed E-state index contributed by atoms with van der Waals surface area (Å²) >= 11 is 6.05. The number of esters is 1. The largest absolute Gasteiger partial charge is 0.467 e. The van der Waals surface area contributed by atoms with Crippen molar-refractivity contribution in [3.8, 4) is 0 Å². The number of benzene rings is 1. The molecule has 1 atom stereocenters. The summed E-state index contributed by atoms with van der Waals surface area (Å²) in [6, 6.07) is 8.64. The van der Waals surface area contributed by atoms with Gasteiger partial charge < -0.3 is 10.1 Å². The number of methoxy groups -OCH3 is 1. The maximum absolute atomic E-state index is 12.0. The number of nitrogens with one attached hydrogen (secondary N) is 1. The van der Waals surface area contributed by atoms with E-state index in [0.717, 1.165) is 5.56 Å². The molecule has 0 saturated heterocycles. The van der Waals surface area contributed by atoms with Gasteiger partial charge in [0, 0.05) is 5.56 Å². The molecule has 0 aliphatic rings. The first-order valence-corrected chi connectivity index (χ1v) is 6.80. The van der Waals surface area contributed by atoms with E-state index in [1.807, 2.05) is 30.3 Å². The molecule has 1 N–H and O–H groups in total. The highest BCUT2D eigenvalue weighted by Crippen LogP contribution is 2.25. The molecule has 1 aromatic carbocycles. The van der Waals surface area contributed by atoms with Crippen LogP contribution in [0.3, 0.4) is 0 Å². The second-order valence-electron chi connectivity index (χ2n) is 4.55. The number of anilines is 1. The number of halogens is 1. The van der Waals surface area contributed by atoms with Gasteiger partial charge in [-0.3, -0.25) is 0 Å². The highest BCUT2D eigenvalue weighted by molar-refractivity contribution is 6.30. The van der Waals surface area contributed by atoms with E-state index < -0.39 is 12.0 Å². The number of aryl methyl sites for hydroxylation is 1. The van der Waals surface area contributed by atoms with E-state index in [1.54, 1.807) is 13.8 Å². The van der Waals surface area contributed by atoms with Gasteiger partial charge in [0.2, 0.25) is 0 Å². The van der Waals surface area contributed by atoms with Crippen molar-refractivity contribution in [3.63, 3.8) is 0 Å². The monoisotopic (exact) mass is 305 g/mol. The zero-order valence-corrected chi connectivity index (χ0v) is 12.8. The van der Waals surface area contributed by atoms with Crippen molar-refractivity contribution in [2.45, 2.75) is 19.9 Å². The molecule has 0 spiro atoms. The van der Waals surface area contributed by atoms with Crippen LogP contribution in [0.15, 0.2) is 30.3 Å². The zero-order chi connectivity index (χ0) is 15.4. The van der Waals surface area contributed by atoms with Crippen molar-refractivity contribution in [3.05, 3.63) is 52.4 Å². The molecule has 2 rings (SSSR count). The summed E-state index contributed by atoms with van der Waals surface area (Å²) in [6.45, 7) is 3.54. The molecular formula is C15H16ClN3O2. The van der Waals surface area contributed by atoms with E-state index >= 15 is 0 Å². The predicted octanol–water partition coefficient (Wildman–Crippen LogP) is 3.07. The summed E-state index contributed by atoms with van der Waals surface area (Å²) < 4.78 is 4.86. The van der Waals surface area contributed by atoms with Gasteiger partial charge in [-0.05, 0) is 19.4 Å². The molecule has 0 radical (unpaired) electrons. The van der Waals surface area contributed by atoms with Crippen LogP contribution < -0.4 is 5.32 Å². The van der Waals surface area contributed by atoms with Gasteiger partial charge in [0.05, 0.1) is 7.11 Å². The number of rotatable bonds is 4. The Morgan fingerprint density at radius 1 is 1.24 bits per heavy atom. The van der Waals surface area contributed by atoms with Crippen molar-refractivity contribution in [2.75, 3.05) is 12.4 Å². The molecule has 5 nitrogen and oxygen atoms in total. The van der Waals surface area contributed by atoms with Crippen LogP contribution in [0.2, 0.25) is 5.15 Å². The molecule has 1 aromatic heterocycles. The number of carbonyl (C=O) groups excluding carboxylic acids is 1. The molecular weight excluding hydrogens is 290 g/mol. The second kappa shape index (κ2) is 6.54. The Hall–Kier alpha value is -2.14. The van der Waals surface area contributed by atoms with Crippen LogP contribution in [0.5, 0.6) is 0 Å². The minimum atomic E-state index is -0.653. The van der Waals surface area contributed by atoms with E-state index in [-0.39, 0.29) is 0 Å². The summed E-state index contributed by atoms with van der Waals surface area (Å²) in [5.41, 5.74) is 1.48. The van der Waals surface area contributed by atoms with E-state index in [9.17, 15) is 4.79 Å². The standard InChI is InChI=1S/C15H16ClN3O2/c1-9-13(16)17-10(2)18-14(9)19-12(15(20)21-3)11-7-5-4-6-8-11/h4-8,12H,1-3H3,(H,17,18,19). The summed E-state index contributed by atoms with van der Waals surface area (Å²) in [6.07, 6.45) is 0. The van der Waals surface area contributed by atoms with E-state index in [0.29, 0.717) is 22.4 Å². The average molecular weight is 306 g/mol. The first-order valence-electron chi connectivity index (χ1n) is 6.43. The van der Waals surface area contributed by atoms with Crippen LogP contribution in [-0.4, -0.2) is 23.0 Å². The summed E-state index contributed by atoms with van der Waals surface area (Å²) in [7, 11) is 1.35.